The second-order valence-corrected chi connectivity index (χ2v) is 4.92. The van der Waals surface area contributed by atoms with Crippen LogP contribution in [-0.4, -0.2) is 23.2 Å². The van der Waals surface area contributed by atoms with Crippen molar-refractivity contribution in [1.82, 2.24) is 4.98 Å². The van der Waals surface area contributed by atoms with Crippen LogP contribution in [0.1, 0.15) is 21.8 Å². The molecule has 0 bridgehead atoms. The molecule has 0 saturated heterocycles. The van der Waals surface area contributed by atoms with Gasteiger partial charge in [-0.3, -0.25) is 0 Å². The number of methoxy groups -OCH3 is 1. The monoisotopic (exact) mass is 320 g/mol. The summed E-state index contributed by atoms with van der Waals surface area (Å²) < 4.78 is 10.6. The maximum Gasteiger partial charge on any atom is 0.339 e. The largest absolute Gasteiger partial charge is 0.496 e. The van der Waals surface area contributed by atoms with Crippen molar-refractivity contribution in [2.75, 3.05) is 7.11 Å². The number of carbonyl (C=O) groups is 1. The quantitative estimate of drug-likeness (QED) is 0.738. The average Bonchev–Trinajstić information content (AvgIpc) is 3.03. The summed E-state index contributed by atoms with van der Waals surface area (Å²) >= 11 is 0. The van der Waals surface area contributed by atoms with E-state index in [4.69, 9.17) is 9.15 Å². The van der Waals surface area contributed by atoms with E-state index < -0.39 is 5.97 Å². The van der Waals surface area contributed by atoms with Crippen LogP contribution in [0.4, 0.5) is 0 Å². The zero-order chi connectivity index (χ0) is 17.1. The standard InChI is InChI=1S/C18H12N2O4/c1-23-15-7-6-11(9-13(15)18(21)22)8-12(10-19)17-20-14-4-2-3-5-16(14)24-17/h2-9H,1H3,(H,21,22)/b12-8-. The van der Waals surface area contributed by atoms with Crippen molar-refractivity contribution in [3.05, 3.63) is 59.5 Å². The molecule has 6 heteroatoms. The lowest BCUT2D eigenvalue weighted by Gasteiger charge is -2.05. The molecule has 118 valence electrons. The molecule has 0 amide bonds. The number of hydrogen-bond donors (Lipinski definition) is 1. The molecule has 0 atom stereocenters. The van der Waals surface area contributed by atoms with E-state index in [-0.39, 0.29) is 22.8 Å². The number of aromatic carboxylic acids is 1. The highest BCUT2D eigenvalue weighted by Crippen LogP contribution is 2.25. The molecule has 24 heavy (non-hydrogen) atoms. The van der Waals surface area contributed by atoms with E-state index in [9.17, 15) is 15.2 Å². The van der Waals surface area contributed by atoms with Crippen molar-refractivity contribution in [3.63, 3.8) is 0 Å². The molecule has 0 aliphatic heterocycles. The normalized spacial score (nSPS) is 11.2. The fraction of sp³-hybridized carbons (Fsp3) is 0.0556. The zero-order valence-corrected chi connectivity index (χ0v) is 12.7. The van der Waals surface area contributed by atoms with Crippen molar-refractivity contribution in [2.24, 2.45) is 0 Å². The summed E-state index contributed by atoms with van der Waals surface area (Å²) in [5.74, 6) is -0.672. The summed E-state index contributed by atoms with van der Waals surface area (Å²) in [6, 6.07) is 13.8. The highest BCUT2D eigenvalue weighted by molar-refractivity contribution is 5.94. The van der Waals surface area contributed by atoms with Crippen molar-refractivity contribution in [3.8, 4) is 11.8 Å². The third kappa shape index (κ3) is 2.83. The third-order valence-electron chi connectivity index (χ3n) is 3.41. The Labute approximate surface area is 137 Å². The summed E-state index contributed by atoms with van der Waals surface area (Å²) in [6.07, 6.45) is 1.52. The van der Waals surface area contributed by atoms with Gasteiger partial charge in [-0.15, -0.1) is 0 Å². The second kappa shape index (κ2) is 6.26. The molecule has 3 aromatic rings. The van der Waals surface area contributed by atoms with E-state index in [0.717, 1.165) is 0 Å². The summed E-state index contributed by atoms with van der Waals surface area (Å²) in [4.78, 5) is 15.6. The van der Waals surface area contributed by atoms with Crippen LogP contribution < -0.4 is 4.74 Å². The summed E-state index contributed by atoms with van der Waals surface area (Å²) in [7, 11) is 1.40. The maximum atomic E-state index is 11.3. The Morgan fingerprint density at radius 2 is 2.12 bits per heavy atom. The van der Waals surface area contributed by atoms with E-state index in [2.05, 4.69) is 4.98 Å². The number of rotatable bonds is 4. The molecule has 1 N–H and O–H groups in total. The van der Waals surface area contributed by atoms with Crippen LogP contribution >= 0.6 is 0 Å². The van der Waals surface area contributed by atoms with Gasteiger partial charge in [0.1, 0.15) is 28.5 Å². The zero-order valence-electron chi connectivity index (χ0n) is 12.7. The predicted octanol–water partition coefficient (Wildman–Crippen LogP) is 3.60. The van der Waals surface area contributed by atoms with Crippen LogP contribution in [0, 0.1) is 11.3 Å². The number of aromatic nitrogens is 1. The van der Waals surface area contributed by atoms with Crippen LogP contribution in [0.15, 0.2) is 46.9 Å². The van der Waals surface area contributed by atoms with Gasteiger partial charge in [-0.2, -0.15) is 5.26 Å². The van der Waals surface area contributed by atoms with Crippen LogP contribution in [0.25, 0.3) is 22.7 Å². The molecule has 2 aromatic carbocycles. The first-order chi connectivity index (χ1) is 11.6. The highest BCUT2D eigenvalue weighted by atomic mass is 16.5. The lowest BCUT2D eigenvalue weighted by Crippen LogP contribution is -2.00. The third-order valence-corrected chi connectivity index (χ3v) is 3.41. The molecule has 0 fully saturated rings. The predicted molar refractivity (Wildman–Crippen MR) is 87.4 cm³/mol. The van der Waals surface area contributed by atoms with Crippen molar-refractivity contribution < 1.29 is 19.1 Å². The Balaban J connectivity index is 2.06. The summed E-state index contributed by atoms with van der Waals surface area (Å²) in [5, 5.41) is 18.6. The van der Waals surface area contributed by atoms with Gasteiger partial charge in [0, 0.05) is 0 Å². The van der Waals surface area contributed by atoms with Gasteiger partial charge in [-0.25, -0.2) is 9.78 Å². The molecule has 0 unspecified atom stereocenters. The SMILES string of the molecule is COc1ccc(/C=C(/C#N)c2nc3ccccc3o2)cc1C(=O)O. The van der Waals surface area contributed by atoms with Crippen LogP contribution in [0.2, 0.25) is 0 Å². The molecule has 6 nitrogen and oxygen atoms in total. The average molecular weight is 320 g/mol. The molecule has 0 radical (unpaired) electrons. The molecular weight excluding hydrogens is 308 g/mol. The van der Waals surface area contributed by atoms with E-state index in [1.165, 1.54) is 25.3 Å². The number of ether oxygens (including phenoxy) is 1. The van der Waals surface area contributed by atoms with Crippen LogP contribution in [0.3, 0.4) is 0 Å². The first-order valence-electron chi connectivity index (χ1n) is 7.01. The number of nitriles is 1. The Morgan fingerprint density at radius 1 is 1.33 bits per heavy atom. The molecule has 0 aliphatic carbocycles. The van der Waals surface area contributed by atoms with Gasteiger partial charge in [-0.1, -0.05) is 18.2 Å². The molecule has 1 heterocycles. The Kier molecular flexibility index (Phi) is 4.00. The number of hydrogen-bond acceptors (Lipinski definition) is 5. The van der Waals surface area contributed by atoms with Gasteiger partial charge in [0.25, 0.3) is 0 Å². The first kappa shape index (κ1) is 15.3. The fourth-order valence-corrected chi connectivity index (χ4v) is 2.28. The number of benzene rings is 2. The fourth-order valence-electron chi connectivity index (χ4n) is 2.28. The Hall–Kier alpha value is -3.59. The van der Waals surface area contributed by atoms with Crippen LogP contribution in [-0.2, 0) is 0 Å². The van der Waals surface area contributed by atoms with E-state index in [1.54, 1.807) is 18.2 Å². The molecular formula is C18H12N2O4. The number of nitrogens with zero attached hydrogens (tertiary/aromatic N) is 2. The smallest absolute Gasteiger partial charge is 0.339 e. The van der Waals surface area contributed by atoms with Gasteiger partial charge < -0.3 is 14.3 Å². The van der Waals surface area contributed by atoms with Crippen molar-refractivity contribution in [2.45, 2.75) is 0 Å². The minimum Gasteiger partial charge on any atom is -0.496 e. The Bertz CT molecular complexity index is 963. The summed E-state index contributed by atoms with van der Waals surface area (Å²) in [5.41, 5.74) is 1.98. The second-order valence-electron chi connectivity index (χ2n) is 4.92. The lowest BCUT2D eigenvalue weighted by molar-refractivity contribution is 0.0693. The number of carboxylic acids is 1. The molecule has 3 rings (SSSR count). The minimum atomic E-state index is -1.11. The highest BCUT2D eigenvalue weighted by Gasteiger charge is 2.13. The van der Waals surface area contributed by atoms with Crippen LogP contribution in [0.5, 0.6) is 5.75 Å². The summed E-state index contributed by atoms with van der Waals surface area (Å²) in [6.45, 7) is 0. The van der Waals surface area contributed by atoms with Gasteiger partial charge in [0.05, 0.1) is 7.11 Å². The molecule has 0 spiro atoms. The maximum absolute atomic E-state index is 11.3. The lowest BCUT2D eigenvalue weighted by atomic mass is 10.1. The topological polar surface area (TPSA) is 96.4 Å². The number of oxazole rings is 1. The van der Waals surface area contributed by atoms with Gasteiger partial charge >= 0.3 is 5.97 Å². The van der Waals surface area contributed by atoms with E-state index in [0.29, 0.717) is 16.7 Å². The van der Waals surface area contributed by atoms with Gasteiger partial charge in [0.2, 0.25) is 5.89 Å². The Morgan fingerprint density at radius 3 is 2.79 bits per heavy atom. The van der Waals surface area contributed by atoms with Gasteiger partial charge in [0.15, 0.2) is 5.58 Å². The number of carboxylic acid groups (broad SMARTS) is 1. The van der Waals surface area contributed by atoms with E-state index in [1.807, 2.05) is 18.2 Å². The molecule has 0 aliphatic rings. The number of para-hydroxylation sites is 2. The molecule has 0 saturated carbocycles. The van der Waals surface area contributed by atoms with Gasteiger partial charge in [-0.05, 0) is 35.9 Å². The van der Waals surface area contributed by atoms with Crippen molar-refractivity contribution >= 4 is 28.7 Å². The minimum absolute atomic E-state index is 0.0149. The van der Waals surface area contributed by atoms with Crippen molar-refractivity contribution in [1.29, 1.82) is 5.26 Å². The first-order valence-corrected chi connectivity index (χ1v) is 7.01. The van der Waals surface area contributed by atoms with E-state index >= 15 is 0 Å². The number of fused-ring (bicyclic) bond motifs is 1. The molecule has 1 aromatic heterocycles. The number of allylic oxidation sites excluding steroid dienone is 1.